The molecular formula is C15H16N2O3. The maximum absolute atomic E-state index is 9.32. The van der Waals surface area contributed by atoms with Crippen molar-refractivity contribution in [2.24, 2.45) is 5.92 Å². The van der Waals surface area contributed by atoms with E-state index in [9.17, 15) is 5.11 Å². The summed E-state index contributed by atoms with van der Waals surface area (Å²) in [5.41, 5.74) is 0. The molecule has 1 fully saturated rings. The third kappa shape index (κ3) is 1.94. The third-order valence-electron chi connectivity index (χ3n) is 4.03. The zero-order chi connectivity index (χ0) is 13.5. The maximum Gasteiger partial charge on any atom is 0.231 e. The number of hydrogen-bond donors (Lipinski definition) is 2. The van der Waals surface area contributed by atoms with E-state index >= 15 is 0 Å². The van der Waals surface area contributed by atoms with Gasteiger partial charge in [0.15, 0.2) is 11.5 Å². The number of anilines is 1. The number of fused-ring (bicyclic) bond motifs is 2. The summed E-state index contributed by atoms with van der Waals surface area (Å²) in [6.45, 7) is 1.12. The molecule has 1 saturated carbocycles. The molecule has 104 valence electrons. The predicted molar refractivity (Wildman–Crippen MR) is 75.1 cm³/mol. The molecule has 1 aromatic carbocycles. The molecule has 0 amide bonds. The summed E-state index contributed by atoms with van der Waals surface area (Å²) in [5, 5.41) is 14.8. The number of aliphatic hydroxyl groups excluding tert-OH is 1. The Morgan fingerprint density at radius 1 is 1.25 bits per heavy atom. The first-order chi connectivity index (χ1) is 9.79. The molecule has 5 nitrogen and oxygen atoms in total. The lowest BCUT2D eigenvalue weighted by molar-refractivity contribution is 0.0486. The zero-order valence-electron chi connectivity index (χ0n) is 11.0. The van der Waals surface area contributed by atoms with Gasteiger partial charge in [0.25, 0.3) is 0 Å². The van der Waals surface area contributed by atoms with Crippen LogP contribution < -0.4 is 14.8 Å². The Morgan fingerprint density at radius 2 is 2.05 bits per heavy atom. The standard InChI is InChI=1S/C15H16N2O3/c18-11-3-9(4-11)7-17-15-12-6-14-13(19-8-20-14)5-10(12)1-2-16-15/h1-2,5-6,9,11,18H,3-4,7-8H2,(H,16,17). The van der Waals surface area contributed by atoms with Gasteiger partial charge in [-0.3, -0.25) is 0 Å². The molecule has 1 aliphatic carbocycles. The van der Waals surface area contributed by atoms with Crippen molar-refractivity contribution in [1.82, 2.24) is 4.98 Å². The minimum atomic E-state index is -0.115. The first-order valence-electron chi connectivity index (χ1n) is 6.90. The Bertz CT molecular complexity index is 653. The van der Waals surface area contributed by atoms with Crippen LogP contribution in [-0.2, 0) is 0 Å². The first kappa shape index (κ1) is 11.8. The summed E-state index contributed by atoms with van der Waals surface area (Å²) < 4.78 is 10.8. The van der Waals surface area contributed by atoms with E-state index in [0.717, 1.165) is 47.5 Å². The van der Waals surface area contributed by atoms with E-state index in [1.807, 2.05) is 18.2 Å². The molecule has 0 atom stereocenters. The number of aliphatic hydroxyl groups is 1. The van der Waals surface area contributed by atoms with E-state index in [1.165, 1.54) is 0 Å². The van der Waals surface area contributed by atoms with Gasteiger partial charge in [0, 0.05) is 18.1 Å². The molecule has 4 rings (SSSR count). The van der Waals surface area contributed by atoms with E-state index in [1.54, 1.807) is 6.20 Å². The number of aromatic nitrogens is 1. The third-order valence-corrected chi connectivity index (χ3v) is 4.03. The van der Waals surface area contributed by atoms with E-state index in [2.05, 4.69) is 10.3 Å². The molecule has 2 heterocycles. The van der Waals surface area contributed by atoms with E-state index in [4.69, 9.17) is 9.47 Å². The lowest BCUT2D eigenvalue weighted by Crippen LogP contribution is -2.33. The summed E-state index contributed by atoms with van der Waals surface area (Å²) in [6, 6.07) is 5.93. The smallest absolute Gasteiger partial charge is 0.231 e. The fraction of sp³-hybridized carbons (Fsp3) is 0.400. The number of nitrogens with zero attached hydrogens (tertiary/aromatic N) is 1. The second-order valence-electron chi connectivity index (χ2n) is 5.46. The maximum atomic E-state index is 9.32. The van der Waals surface area contributed by atoms with Crippen LogP contribution in [0.1, 0.15) is 12.8 Å². The van der Waals surface area contributed by atoms with Crippen molar-refractivity contribution >= 4 is 16.6 Å². The fourth-order valence-corrected chi connectivity index (χ4v) is 2.81. The van der Waals surface area contributed by atoms with Gasteiger partial charge in [-0.05, 0) is 42.3 Å². The van der Waals surface area contributed by atoms with Crippen molar-refractivity contribution in [2.75, 3.05) is 18.7 Å². The number of benzene rings is 1. The second-order valence-corrected chi connectivity index (χ2v) is 5.46. The predicted octanol–water partition coefficient (Wildman–Crippen LogP) is 2.15. The number of hydrogen-bond acceptors (Lipinski definition) is 5. The largest absolute Gasteiger partial charge is 0.454 e. The van der Waals surface area contributed by atoms with Crippen molar-refractivity contribution in [1.29, 1.82) is 0 Å². The molecule has 0 radical (unpaired) electrons. The van der Waals surface area contributed by atoms with Crippen LogP contribution in [0.2, 0.25) is 0 Å². The molecule has 0 bridgehead atoms. The van der Waals surface area contributed by atoms with Crippen molar-refractivity contribution in [3.8, 4) is 11.5 Å². The van der Waals surface area contributed by atoms with Gasteiger partial charge in [0.2, 0.25) is 6.79 Å². The molecule has 2 aliphatic rings. The van der Waals surface area contributed by atoms with Crippen LogP contribution in [0.3, 0.4) is 0 Å². The van der Waals surface area contributed by atoms with E-state index in [-0.39, 0.29) is 12.9 Å². The number of rotatable bonds is 3. The molecule has 1 aromatic heterocycles. The van der Waals surface area contributed by atoms with E-state index in [0.29, 0.717) is 5.92 Å². The van der Waals surface area contributed by atoms with Crippen LogP contribution in [0.5, 0.6) is 11.5 Å². The average Bonchev–Trinajstić information content (AvgIpc) is 2.87. The highest BCUT2D eigenvalue weighted by Gasteiger charge is 2.27. The number of nitrogens with one attached hydrogen (secondary N) is 1. The Hall–Kier alpha value is -2.01. The minimum absolute atomic E-state index is 0.115. The summed E-state index contributed by atoms with van der Waals surface area (Å²) in [7, 11) is 0. The molecule has 0 saturated heterocycles. The van der Waals surface area contributed by atoms with Crippen LogP contribution in [0, 0.1) is 5.92 Å². The van der Waals surface area contributed by atoms with Crippen molar-refractivity contribution in [3.63, 3.8) is 0 Å². The molecule has 2 aromatic rings. The van der Waals surface area contributed by atoms with Gasteiger partial charge >= 0.3 is 0 Å². The van der Waals surface area contributed by atoms with Gasteiger partial charge in [-0.1, -0.05) is 0 Å². The molecule has 20 heavy (non-hydrogen) atoms. The molecule has 0 unspecified atom stereocenters. The number of pyridine rings is 1. The van der Waals surface area contributed by atoms with Crippen LogP contribution in [-0.4, -0.2) is 29.5 Å². The number of ether oxygens (including phenoxy) is 2. The summed E-state index contributed by atoms with van der Waals surface area (Å²) >= 11 is 0. The molecule has 5 heteroatoms. The highest BCUT2D eigenvalue weighted by atomic mass is 16.7. The van der Waals surface area contributed by atoms with Gasteiger partial charge in [-0.2, -0.15) is 0 Å². The van der Waals surface area contributed by atoms with Gasteiger partial charge in [0.05, 0.1) is 6.10 Å². The van der Waals surface area contributed by atoms with Crippen LogP contribution in [0.25, 0.3) is 10.8 Å². The summed E-state index contributed by atoms with van der Waals surface area (Å²) in [6.07, 6.45) is 3.44. The Balaban J connectivity index is 1.62. The molecule has 2 N–H and O–H groups in total. The molecule has 1 aliphatic heterocycles. The fourth-order valence-electron chi connectivity index (χ4n) is 2.81. The van der Waals surface area contributed by atoms with Crippen molar-refractivity contribution in [3.05, 3.63) is 24.4 Å². The first-order valence-corrected chi connectivity index (χ1v) is 6.90. The van der Waals surface area contributed by atoms with Crippen LogP contribution in [0.15, 0.2) is 24.4 Å². The highest BCUT2D eigenvalue weighted by Crippen LogP contribution is 2.38. The Labute approximate surface area is 116 Å². The van der Waals surface area contributed by atoms with Gasteiger partial charge < -0.3 is 19.9 Å². The summed E-state index contributed by atoms with van der Waals surface area (Å²) in [5.74, 6) is 2.96. The van der Waals surface area contributed by atoms with E-state index < -0.39 is 0 Å². The Morgan fingerprint density at radius 3 is 2.85 bits per heavy atom. The minimum Gasteiger partial charge on any atom is -0.454 e. The second kappa shape index (κ2) is 4.52. The van der Waals surface area contributed by atoms with Gasteiger partial charge in [0.1, 0.15) is 5.82 Å². The lowest BCUT2D eigenvalue weighted by Gasteiger charge is -2.31. The van der Waals surface area contributed by atoms with Crippen LogP contribution in [0.4, 0.5) is 5.82 Å². The molecular weight excluding hydrogens is 256 g/mol. The lowest BCUT2D eigenvalue weighted by atomic mass is 9.82. The quantitative estimate of drug-likeness (QED) is 0.896. The van der Waals surface area contributed by atoms with Crippen LogP contribution >= 0.6 is 0 Å². The zero-order valence-corrected chi connectivity index (χ0v) is 11.0. The average molecular weight is 272 g/mol. The van der Waals surface area contributed by atoms with Crippen molar-refractivity contribution < 1.29 is 14.6 Å². The molecule has 0 spiro atoms. The topological polar surface area (TPSA) is 63.6 Å². The highest BCUT2D eigenvalue weighted by molar-refractivity contribution is 5.94. The van der Waals surface area contributed by atoms with Gasteiger partial charge in [-0.25, -0.2) is 4.98 Å². The summed E-state index contributed by atoms with van der Waals surface area (Å²) in [4.78, 5) is 4.41. The Kier molecular flexibility index (Phi) is 2.67. The van der Waals surface area contributed by atoms with Gasteiger partial charge in [-0.15, -0.1) is 0 Å². The van der Waals surface area contributed by atoms with Crippen molar-refractivity contribution in [2.45, 2.75) is 18.9 Å². The monoisotopic (exact) mass is 272 g/mol. The SMILES string of the molecule is OC1CC(CNc2nccc3cc4c(cc23)OCO4)C1. The normalized spacial score (nSPS) is 23.6.